The summed E-state index contributed by atoms with van der Waals surface area (Å²) >= 11 is 0. The fourth-order valence-electron chi connectivity index (χ4n) is 3.44. The molecule has 0 bridgehead atoms. The van der Waals surface area contributed by atoms with E-state index < -0.39 is 31.0 Å². The van der Waals surface area contributed by atoms with E-state index in [0.717, 1.165) is 48.2 Å². The van der Waals surface area contributed by atoms with Crippen molar-refractivity contribution in [2.45, 2.75) is 24.1 Å². The first-order chi connectivity index (χ1) is 19.1. The number of halogens is 6. The molecule has 0 saturated heterocycles. The summed E-state index contributed by atoms with van der Waals surface area (Å²) in [5.41, 5.74) is -8.07. The Morgan fingerprint density at radius 1 is 0.690 bits per heavy atom. The van der Waals surface area contributed by atoms with Crippen LogP contribution in [-0.2, 0) is 33.1 Å². The highest BCUT2D eigenvalue weighted by molar-refractivity contribution is 7.87. The van der Waals surface area contributed by atoms with E-state index >= 15 is 0 Å². The van der Waals surface area contributed by atoms with Gasteiger partial charge in [-0.1, -0.05) is 60.7 Å². The van der Waals surface area contributed by atoms with Crippen LogP contribution in [0.2, 0.25) is 0 Å². The van der Waals surface area contributed by atoms with E-state index in [1.165, 1.54) is 11.1 Å². The Labute approximate surface area is 241 Å². The van der Waals surface area contributed by atoms with Gasteiger partial charge in [0.25, 0.3) is 0 Å². The van der Waals surface area contributed by atoms with Crippen molar-refractivity contribution in [2.75, 3.05) is 40.3 Å². The van der Waals surface area contributed by atoms with E-state index in [4.69, 9.17) is 9.56 Å². The van der Waals surface area contributed by atoms with Crippen molar-refractivity contribution in [2.24, 2.45) is 9.98 Å². The monoisotopic (exact) mass is 646 g/mol. The van der Waals surface area contributed by atoms with E-state index in [9.17, 15) is 43.9 Å². The summed E-state index contributed by atoms with van der Waals surface area (Å²) in [5, 5.41) is 0. The van der Waals surface area contributed by atoms with Crippen LogP contribution in [0.5, 0.6) is 0 Å². The second kappa shape index (κ2) is 15.0. The Morgan fingerprint density at radius 3 is 1.14 bits per heavy atom. The minimum atomic E-state index is -5.59. The van der Waals surface area contributed by atoms with E-state index in [2.05, 4.69) is 97.4 Å². The van der Waals surface area contributed by atoms with Gasteiger partial charge in [0.05, 0.1) is 47.2 Å². The number of aliphatic imine (C=N–C) groups is 2. The molecule has 4 rings (SSSR count). The van der Waals surface area contributed by atoms with Crippen molar-refractivity contribution in [3.8, 4) is 0 Å². The smallest absolute Gasteiger partial charge is 0.466 e. The van der Waals surface area contributed by atoms with Gasteiger partial charge in [0.15, 0.2) is 12.7 Å². The molecular formula is C24H32F6N6O4S2. The molecule has 0 fully saturated rings. The van der Waals surface area contributed by atoms with Crippen LogP contribution in [0.1, 0.15) is 11.1 Å². The van der Waals surface area contributed by atoms with Gasteiger partial charge in [-0.2, -0.15) is 26.3 Å². The van der Waals surface area contributed by atoms with Crippen molar-refractivity contribution in [1.82, 2.24) is 0 Å². The normalized spacial score (nSPS) is 24.0. The molecule has 4 atom stereocenters. The topological polar surface area (TPSA) is 153 Å². The van der Waals surface area contributed by atoms with Crippen LogP contribution >= 0.6 is 0 Å². The molecule has 0 aromatic heterocycles. The zero-order chi connectivity index (χ0) is 32.3. The molecule has 2 aliphatic rings. The number of alkyl halides is 6. The summed E-state index contributed by atoms with van der Waals surface area (Å²) in [6.07, 6.45) is 4.12. The fraction of sp³-hybridized carbons (Fsp3) is 0.417. The number of quaternary nitrogens is 2. The zero-order valence-electron chi connectivity index (χ0n) is 22.7. The third kappa shape index (κ3) is 13.8. The van der Waals surface area contributed by atoms with Crippen LogP contribution in [-0.4, -0.2) is 90.5 Å². The number of nitrogens with zero attached hydrogens (tertiary/aromatic N) is 4. The van der Waals surface area contributed by atoms with Gasteiger partial charge < -0.3 is 9.11 Å². The van der Waals surface area contributed by atoms with Crippen LogP contribution < -0.4 is 0 Å². The van der Waals surface area contributed by atoms with Crippen molar-refractivity contribution in [3.05, 3.63) is 71.8 Å². The SMILES string of the molecule is C[N+]1(Cc2ccccc2)C=NCC1.C[N+]1(Cc2ccccc2)C=NCC1.N=S(=O)([O-])C(F)(F)F.N=S(=O)([O-])C(F)(F)F. The van der Waals surface area contributed by atoms with Crippen LogP contribution in [0.3, 0.4) is 0 Å². The first-order valence-electron chi connectivity index (χ1n) is 12.0. The standard InChI is InChI=1S/2C11H15N2.2CH2F3NO2S/c2*1-13(8-7-12-10-13)9-11-5-3-2-4-6-11;2*2-1(3,4)8(5,6)7/h2*2-6,10H,7-9H2,1H3;2*(H2,5,6,7)/q2*+1;;/p-2. The van der Waals surface area contributed by atoms with Crippen molar-refractivity contribution < 1.29 is 52.8 Å². The third-order valence-corrected chi connectivity index (χ3v) is 6.80. The number of benzene rings is 2. The molecule has 0 amide bonds. The molecule has 236 valence electrons. The summed E-state index contributed by atoms with van der Waals surface area (Å²) < 4.78 is 114. The van der Waals surface area contributed by atoms with Gasteiger partial charge in [-0.25, -0.2) is 9.98 Å². The summed E-state index contributed by atoms with van der Waals surface area (Å²) in [5.74, 6) is 0. The van der Waals surface area contributed by atoms with Gasteiger partial charge in [-0.15, -0.1) is 0 Å². The fourth-order valence-corrected chi connectivity index (χ4v) is 3.44. The first kappa shape index (κ1) is 37.1. The van der Waals surface area contributed by atoms with Gasteiger partial charge in [-0.05, 0) is 0 Å². The Bertz CT molecular complexity index is 1280. The lowest BCUT2D eigenvalue weighted by atomic mass is 10.2. The number of nitrogens with one attached hydrogen (secondary N) is 2. The first-order valence-corrected chi connectivity index (χ1v) is 14.9. The lowest BCUT2D eigenvalue weighted by Gasteiger charge is -2.24. The zero-order valence-corrected chi connectivity index (χ0v) is 24.3. The summed E-state index contributed by atoms with van der Waals surface area (Å²) in [4.78, 5) is 8.56. The van der Waals surface area contributed by atoms with Crippen LogP contribution in [0, 0.1) is 9.56 Å². The average molecular weight is 647 g/mol. The molecule has 0 spiro atoms. The van der Waals surface area contributed by atoms with E-state index in [-0.39, 0.29) is 0 Å². The number of rotatable bonds is 4. The molecule has 42 heavy (non-hydrogen) atoms. The molecule has 2 heterocycles. The van der Waals surface area contributed by atoms with Gasteiger partial charge >= 0.3 is 11.0 Å². The molecular weight excluding hydrogens is 614 g/mol. The summed E-state index contributed by atoms with van der Waals surface area (Å²) in [6.45, 7) is 6.34. The average Bonchev–Trinajstić information content (AvgIpc) is 3.47. The van der Waals surface area contributed by atoms with Crippen LogP contribution in [0.25, 0.3) is 0 Å². The van der Waals surface area contributed by atoms with Crippen molar-refractivity contribution in [3.63, 3.8) is 0 Å². The number of hydrogen-bond donors (Lipinski definition) is 2. The lowest BCUT2D eigenvalue weighted by Crippen LogP contribution is -2.39. The predicted molar refractivity (Wildman–Crippen MR) is 145 cm³/mol. The second-order valence-electron chi connectivity index (χ2n) is 9.64. The Balaban J connectivity index is 0.000000289. The van der Waals surface area contributed by atoms with Crippen molar-refractivity contribution >= 4 is 32.7 Å². The quantitative estimate of drug-likeness (QED) is 0.365. The minimum Gasteiger partial charge on any atom is -0.758 e. The maximum atomic E-state index is 10.8. The Morgan fingerprint density at radius 2 is 0.952 bits per heavy atom. The maximum Gasteiger partial charge on any atom is 0.466 e. The van der Waals surface area contributed by atoms with E-state index in [1.807, 2.05) is 0 Å². The van der Waals surface area contributed by atoms with Gasteiger partial charge in [0, 0.05) is 11.1 Å². The number of likely N-dealkylation sites (N-methyl/N-ethyl adjacent to an activating group) is 2. The van der Waals surface area contributed by atoms with Crippen LogP contribution in [0.4, 0.5) is 26.3 Å². The molecule has 4 unspecified atom stereocenters. The molecule has 2 aromatic rings. The van der Waals surface area contributed by atoms with Crippen LogP contribution in [0.15, 0.2) is 70.6 Å². The highest BCUT2D eigenvalue weighted by Crippen LogP contribution is 2.22. The molecule has 0 radical (unpaired) electrons. The highest BCUT2D eigenvalue weighted by Gasteiger charge is 2.34. The van der Waals surface area contributed by atoms with Crippen molar-refractivity contribution in [1.29, 1.82) is 9.56 Å². The minimum absolute atomic E-state index is 0.948. The highest BCUT2D eigenvalue weighted by atomic mass is 32.2. The third-order valence-electron chi connectivity index (χ3n) is 5.58. The molecule has 2 aliphatic heterocycles. The summed E-state index contributed by atoms with van der Waals surface area (Å²) in [6, 6.07) is 21.2. The molecule has 10 nitrogen and oxygen atoms in total. The van der Waals surface area contributed by atoms with Gasteiger partial charge in [0.1, 0.15) is 26.2 Å². The van der Waals surface area contributed by atoms with Gasteiger partial charge in [-0.3, -0.25) is 26.9 Å². The number of hydrogen-bond acceptors (Lipinski definition) is 8. The Kier molecular flexibility index (Phi) is 13.3. The molecule has 18 heteroatoms. The summed E-state index contributed by atoms with van der Waals surface area (Å²) in [7, 11) is -6.73. The predicted octanol–water partition coefficient (Wildman–Crippen LogP) is 4.72. The molecule has 2 aromatic carbocycles. The molecule has 0 saturated carbocycles. The maximum absolute atomic E-state index is 10.8. The lowest BCUT2D eigenvalue weighted by molar-refractivity contribution is -0.821. The molecule has 0 aliphatic carbocycles. The Hall–Kier alpha value is -2.90. The second-order valence-corrected chi connectivity index (χ2v) is 12.6. The van der Waals surface area contributed by atoms with E-state index in [1.54, 1.807) is 0 Å². The largest absolute Gasteiger partial charge is 0.758 e. The molecule has 2 N–H and O–H groups in total. The van der Waals surface area contributed by atoms with Gasteiger partial charge in [0.2, 0.25) is 0 Å². The van der Waals surface area contributed by atoms with E-state index in [0.29, 0.717) is 0 Å².